The van der Waals surface area contributed by atoms with Crippen LogP contribution in [-0.2, 0) is 22.7 Å². The highest BCUT2D eigenvalue weighted by Crippen LogP contribution is 2.59. The van der Waals surface area contributed by atoms with Crippen LogP contribution in [-0.4, -0.2) is 4.57 Å². The van der Waals surface area contributed by atoms with Crippen LogP contribution < -0.4 is 14.7 Å². The average molecular weight is 1550 g/mol. The molecule has 1 aromatic heterocycles. The molecule has 0 saturated heterocycles. The molecule has 19 aromatic rings. The summed E-state index contributed by atoms with van der Waals surface area (Å²) in [6.45, 7) is 11.6. The van der Waals surface area contributed by atoms with E-state index in [1.165, 1.54) is 77.5 Å². The van der Waals surface area contributed by atoms with Crippen LogP contribution in [0.15, 0.2) is 455 Å². The molecule has 20 rings (SSSR count). The molecule has 1 heterocycles. The van der Waals surface area contributed by atoms with Gasteiger partial charge in [-0.1, -0.05) is 344 Å². The maximum Gasteiger partial charge on any atom is 0.0714 e. The zero-order chi connectivity index (χ0) is 81.6. The van der Waals surface area contributed by atoms with Crippen molar-refractivity contribution in [2.75, 3.05) is 14.7 Å². The molecule has 1 aliphatic carbocycles. The van der Waals surface area contributed by atoms with Gasteiger partial charge in [-0.2, -0.15) is 0 Å². The number of anilines is 9. The van der Waals surface area contributed by atoms with E-state index in [-0.39, 0.29) is 10.8 Å². The predicted octanol–water partition coefficient (Wildman–Crippen LogP) is 31.7. The Hall–Kier alpha value is -14.8. The maximum absolute atomic E-state index is 2.53. The number of hydrogen-bond donors (Lipinski definition) is 0. The summed E-state index contributed by atoms with van der Waals surface area (Å²) < 4.78 is 2.48. The molecule has 0 spiro atoms. The first-order valence-corrected chi connectivity index (χ1v) is 42.2. The second kappa shape index (κ2) is 31.6. The second-order valence-corrected chi connectivity index (χ2v) is 33.8. The summed E-state index contributed by atoms with van der Waals surface area (Å²) in [6.07, 6.45) is 0.835. The van der Waals surface area contributed by atoms with E-state index in [4.69, 9.17) is 0 Å². The first-order chi connectivity index (χ1) is 59.4. The Labute approximate surface area is 711 Å². The van der Waals surface area contributed by atoms with Gasteiger partial charge in [-0.25, -0.2) is 0 Å². The van der Waals surface area contributed by atoms with Crippen molar-refractivity contribution in [1.29, 1.82) is 0 Å². The molecule has 4 heteroatoms. The van der Waals surface area contributed by atoms with Crippen LogP contribution in [0.25, 0.3) is 94.3 Å². The lowest BCUT2D eigenvalue weighted by Gasteiger charge is -2.35. The van der Waals surface area contributed by atoms with Crippen LogP contribution in [0.4, 0.5) is 51.2 Å². The zero-order valence-electron chi connectivity index (χ0n) is 68.8. The Bertz CT molecular complexity index is 6580. The summed E-state index contributed by atoms with van der Waals surface area (Å²) in [4.78, 5) is 7.14. The highest BCUT2D eigenvalue weighted by molar-refractivity contribution is 6.12. The lowest BCUT2D eigenvalue weighted by Crippen LogP contribution is -2.28. The Morgan fingerprint density at radius 3 is 1.01 bits per heavy atom. The highest BCUT2D eigenvalue weighted by atomic mass is 15.2. The third-order valence-electron chi connectivity index (χ3n) is 24.8. The van der Waals surface area contributed by atoms with Crippen molar-refractivity contribution in [2.24, 2.45) is 0 Å². The SMILES string of the molecule is CC(C)(C)c1ccc(-c2ccc(N(c3ccc(-c4ccc(C(C)(C)Cc5cccc(-n6c7ccc(-c8ccc(N(c9ccccc9)c9ccccc9)cc8)cc7c7cc(-c8ccc(N(c9ccccc9)c9ccccc9)cc8)ccc76)c5)cc4)cc3)c3cc4c(cc3-c3ccccc3)-c3ccccc3C4(c3ccccc3)c3ccccc3)cc2)cc1. The topological polar surface area (TPSA) is 14.7 Å². The molecule has 580 valence electrons. The summed E-state index contributed by atoms with van der Waals surface area (Å²) in [6, 6.07) is 168. The Kier molecular flexibility index (Phi) is 19.5. The minimum Gasteiger partial charge on any atom is -0.311 e. The lowest BCUT2D eigenvalue weighted by molar-refractivity contribution is 0.522. The zero-order valence-corrected chi connectivity index (χ0v) is 68.8. The van der Waals surface area contributed by atoms with E-state index in [2.05, 4.69) is 509 Å². The smallest absolute Gasteiger partial charge is 0.0714 e. The number of para-hydroxylation sites is 4. The molecule has 0 fully saturated rings. The molecular formula is C117H92N4. The summed E-state index contributed by atoms with van der Waals surface area (Å²) in [7, 11) is 0. The number of fused-ring (bicyclic) bond motifs is 6. The number of hydrogen-bond acceptors (Lipinski definition) is 3. The summed E-state index contributed by atoms with van der Waals surface area (Å²) >= 11 is 0. The van der Waals surface area contributed by atoms with Gasteiger partial charge < -0.3 is 19.3 Å². The van der Waals surface area contributed by atoms with Gasteiger partial charge in [-0.15, -0.1) is 0 Å². The van der Waals surface area contributed by atoms with Crippen LogP contribution in [0.5, 0.6) is 0 Å². The Morgan fingerprint density at radius 1 is 0.240 bits per heavy atom. The van der Waals surface area contributed by atoms with Crippen molar-refractivity contribution >= 4 is 73.0 Å². The van der Waals surface area contributed by atoms with Crippen molar-refractivity contribution in [3.05, 3.63) is 494 Å². The largest absolute Gasteiger partial charge is 0.311 e. The molecule has 0 N–H and O–H groups in total. The van der Waals surface area contributed by atoms with E-state index in [9.17, 15) is 0 Å². The van der Waals surface area contributed by atoms with Gasteiger partial charge in [-0.3, -0.25) is 0 Å². The first kappa shape index (κ1) is 74.9. The van der Waals surface area contributed by atoms with Gasteiger partial charge in [0.05, 0.1) is 22.1 Å². The molecule has 0 atom stereocenters. The van der Waals surface area contributed by atoms with E-state index >= 15 is 0 Å². The molecule has 0 aliphatic heterocycles. The third-order valence-corrected chi connectivity index (χ3v) is 24.8. The Balaban J connectivity index is 0.637. The van der Waals surface area contributed by atoms with E-state index in [1.807, 2.05) is 0 Å². The molecule has 0 bridgehead atoms. The molecule has 0 radical (unpaired) electrons. The fourth-order valence-electron chi connectivity index (χ4n) is 18.7. The van der Waals surface area contributed by atoms with Gasteiger partial charge in [0.15, 0.2) is 0 Å². The average Bonchev–Trinajstić information content (AvgIpc) is 1.52. The Morgan fingerprint density at radius 2 is 0.587 bits per heavy atom. The number of aromatic nitrogens is 1. The van der Waals surface area contributed by atoms with E-state index in [1.54, 1.807) is 0 Å². The second-order valence-electron chi connectivity index (χ2n) is 33.8. The summed E-state index contributed by atoms with van der Waals surface area (Å²) in [5.41, 5.74) is 35.5. The van der Waals surface area contributed by atoms with Crippen molar-refractivity contribution in [3.8, 4) is 72.4 Å². The molecule has 0 unspecified atom stereocenters. The van der Waals surface area contributed by atoms with Crippen LogP contribution in [0.2, 0.25) is 0 Å². The minimum absolute atomic E-state index is 0.0575. The molecule has 0 saturated carbocycles. The fourth-order valence-corrected chi connectivity index (χ4v) is 18.7. The van der Waals surface area contributed by atoms with Crippen LogP contribution in [0, 0.1) is 0 Å². The molecular weight excluding hydrogens is 1460 g/mol. The van der Waals surface area contributed by atoms with Crippen molar-refractivity contribution in [3.63, 3.8) is 0 Å². The standard InChI is InChI=1S/C117H92N4/c1-115(2,3)92-62-48-83(49-63-92)85-52-70-102(71-53-85)120(114-80-111-107(79-106(114)89-31-13-6-14-32-89)105-46-27-28-47-110(105)117(111,94-33-15-7-16-34-94)95-35-17-8-18-36-95)103-72-54-86(55-73-103)84-50-64-93(65-51-84)116(4,5)81-82-30-29-45-104(76-82)121-112-74-60-90(87-56-66-100(67-57-87)118(96-37-19-9-20-38-96)97-39-21-10-22-40-97)77-108(112)109-78-91(61-75-113(109)121)88-58-68-101(69-59-88)119(98-41-23-11-24-42-98)99-43-25-12-26-44-99/h6-80H,81H2,1-5H3. The minimum atomic E-state index is -0.604. The maximum atomic E-state index is 2.53. The van der Waals surface area contributed by atoms with E-state index in [0.29, 0.717) is 0 Å². The molecule has 121 heavy (non-hydrogen) atoms. The third kappa shape index (κ3) is 14.2. The quantitative estimate of drug-likeness (QED) is 0.0756. The van der Waals surface area contributed by atoms with Crippen LogP contribution in [0.3, 0.4) is 0 Å². The number of rotatable bonds is 20. The fraction of sp³-hybridized carbons (Fsp3) is 0.0769. The first-order valence-electron chi connectivity index (χ1n) is 42.2. The predicted molar refractivity (Wildman–Crippen MR) is 511 cm³/mol. The molecule has 4 nitrogen and oxygen atoms in total. The van der Waals surface area contributed by atoms with Gasteiger partial charge in [0, 0.05) is 67.5 Å². The summed E-state index contributed by atoms with van der Waals surface area (Å²) in [5, 5.41) is 2.39. The van der Waals surface area contributed by atoms with E-state index < -0.39 is 5.41 Å². The monoisotopic (exact) mass is 1550 g/mol. The number of nitrogens with zero attached hydrogens (tertiary/aromatic N) is 4. The van der Waals surface area contributed by atoms with Gasteiger partial charge in [0.1, 0.15) is 0 Å². The van der Waals surface area contributed by atoms with Gasteiger partial charge in [0.2, 0.25) is 0 Å². The molecule has 1 aliphatic rings. The van der Waals surface area contributed by atoms with Crippen molar-refractivity contribution in [1.82, 2.24) is 4.57 Å². The summed E-state index contributed by atoms with van der Waals surface area (Å²) in [5.74, 6) is 0. The van der Waals surface area contributed by atoms with E-state index in [0.717, 1.165) is 113 Å². The van der Waals surface area contributed by atoms with Gasteiger partial charge in [0.25, 0.3) is 0 Å². The highest BCUT2D eigenvalue weighted by Gasteiger charge is 2.47. The van der Waals surface area contributed by atoms with Crippen LogP contribution >= 0.6 is 0 Å². The number of benzene rings is 18. The lowest BCUT2D eigenvalue weighted by atomic mass is 9.67. The van der Waals surface area contributed by atoms with Gasteiger partial charge >= 0.3 is 0 Å². The van der Waals surface area contributed by atoms with Crippen molar-refractivity contribution in [2.45, 2.75) is 57.3 Å². The van der Waals surface area contributed by atoms with Crippen LogP contribution in [0.1, 0.15) is 73.6 Å². The van der Waals surface area contributed by atoms with Gasteiger partial charge in [-0.05, 0) is 263 Å². The molecule has 0 amide bonds. The van der Waals surface area contributed by atoms with Crippen molar-refractivity contribution < 1.29 is 0 Å². The molecule has 18 aromatic carbocycles. The normalized spacial score (nSPS) is 12.3.